The molecule has 8 bridgehead atoms. The number of aryl methyl sites for hydroxylation is 7. The van der Waals surface area contributed by atoms with Gasteiger partial charge in [-0.3, -0.25) is 0 Å². The number of hydrogen-bond acceptors (Lipinski definition) is 2. The predicted octanol–water partition coefficient (Wildman–Crippen LogP) is 3.22. The van der Waals surface area contributed by atoms with Crippen LogP contribution in [0.1, 0.15) is 22.8 Å². The average molecular weight is 730 g/mol. The normalized spacial score (nSPS) is 12.2. The minimum absolute atomic E-state index is 0. The molecular weight excluding hydrogens is 691 g/mol. The van der Waals surface area contributed by atoms with Crippen molar-refractivity contribution in [3.05, 3.63) is 97.1 Å². The zero-order valence-corrected chi connectivity index (χ0v) is 31.2. The van der Waals surface area contributed by atoms with E-state index in [-0.39, 0.29) is 17.1 Å². The molecule has 0 aliphatic carbocycles. The fraction of sp³-hybridized carbons (Fsp3) is 0.179. The van der Waals surface area contributed by atoms with Gasteiger partial charge in [0.1, 0.15) is 24.8 Å². The van der Waals surface area contributed by atoms with Gasteiger partial charge in [-0.05, 0) is 24.3 Å². The van der Waals surface area contributed by atoms with Crippen LogP contribution in [0.4, 0.5) is 0 Å². The summed E-state index contributed by atoms with van der Waals surface area (Å²) in [7, 11) is 14.3. The average Bonchev–Trinajstić information content (AvgIpc) is 3.93. The van der Waals surface area contributed by atoms with Gasteiger partial charge in [0.15, 0.2) is 22.8 Å². The van der Waals surface area contributed by atoms with Crippen LogP contribution in [0.2, 0.25) is 0 Å². The molecule has 9 rings (SSSR count). The molecule has 7 aromatic heterocycles. The van der Waals surface area contributed by atoms with E-state index in [0.717, 1.165) is 89.9 Å². The van der Waals surface area contributed by atoms with Crippen molar-refractivity contribution in [2.75, 3.05) is 0 Å². The van der Waals surface area contributed by atoms with Gasteiger partial charge in [-0.25, -0.2) is 46.9 Å². The van der Waals surface area contributed by atoms with Gasteiger partial charge in [-0.2, -0.15) is 0 Å². The van der Waals surface area contributed by atoms with E-state index in [1.165, 1.54) is 0 Å². The molecule has 257 valence electrons. The fourth-order valence-corrected chi connectivity index (χ4v) is 7.47. The first-order valence-corrected chi connectivity index (χ1v) is 16.8. The molecule has 0 spiro atoms. The van der Waals surface area contributed by atoms with Crippen molar-refractivity contribution in [3.8, 4) is 45.0 Å². The third-order valence-corrected chi connectivity index (χ3v) is 9.69. The molecule has 0 unspecified atom stereocenters. The molecule has 0 saturated carbocycles. The minimum Gasteiger partial charge on any atom is -0.657 e. The maximum atomic E-state index is 5.37. The van der Waals surface area contributed by atoms with E-state index < -0.39 is 0 Å². The van der Waals surface area contributed by atoms with Crippen LogP contribution in [0, 0.1) is 0 Å². The Morgan fingerprint density at radius 3 is 1.10 bits per heavy atom. The van der Waals surface area contributed by atoms with Crippen molar-refractivity contribution in [3.63, 3.8) is 0 Å². The topological polar surface area (TPSA) is 99.5 Å². The Hall–Kier alpha value is -6.04. The van der Waals surface area contributed by atoms with Crippen molar-refractivity contribution in [2.24, 2.45) is 49.3 Å². The number of H-pyrrole nitrogens is 1. The zero-order valence-electron chi connectivity index (χ0n) is 30.0. The van der Waals surface area contributed by atoms with Crippen molar-refractivity contribution in [1.82, 2.24) is 38.2 Å². The maximum absolute atomic E-state index is 5.37. The molecule has 9 heterocycles. The van der Waals surface area contributed by atoms with Gasteiger partial charge in [0.25, 0.3) is 0 Å². The Morgan fingerprint density at radius 1 is 0.500 bits per heavy atom. The quantitative estimate of drug-likeness (QED) is 0.205. The monoisotopic (exact) mass is 729 g/mol. The summed E-state index contributed by atoms with van der Waals surface area (Å²) in [5, 5.41) is 0. The molecular formula is C39H38MnN12+4. The third-order valence-electron chi connectivity index (χ3n) is 9.69. The predicted molar refractivity (Wildman–Crippen MR) is 195 cm³/mol. The van der Waals surface area contributed by atoms with Gasteiger partial charge in [0.2, 0.25) is 25.3 Å². The molecule has 0 atom stereocenters. The number of hydrogen-bond donors (Lipinski definition) is 0. The molecule has 1 radical (unpaired) electrons. The number of nitrogens with zero attached hydrogens (tertiary/aromatic N) is 11. The molecule has 0 saturated heterocycles. The van der Waals surface area contributed by atoms with Crippen molar-refractivity contribution < 1.29 is 35.8 Å². The summed E-state index contributed by atoms with van der Waals surface area (Å²) in [5.74, 6) is 0. The molecule has 2 aliphatic rings. The summed E-state index contributed by atoms with van der Waals surface area (Å²) < 4.78 is 14.6. The largest absolute Gasteiger partial charge is 2.00 e. The first-order chi connectivity index (χ1) is 24.6. The van der Waals surface area contributed by atoms with Gasteiger partial charge >= 0.3 is 17.1 Å². The number of imidazole rings is 4. The fourth-order valence-electron chi connectivity index (χ4n) is 7.47. The number of aromatic nitrogens is 12. The standard InChI is InChI=1S/C39H37N12.Mn/c1-45-17-33(49(5)21-45)37-26-10-8-24(41-26)36(32-16-40-20-48(32)4)25-9-11-27(42-25)38(34-18-46(2)22-50(34)6)29-13-15-31(44-29)39(30-14-12-28(37)43-30)35-19-47(3)23-51(35)7;/h8-23H,1-7H3;/q+1;+2/p+1. The van der Waals surface area contributed by atoms with Crippen LogP contribution in [0.25, 0.3) is 91.4 Å². The van der Waals surface area contributed by atoms with E-state index in [2.05, 4.69) is 144 Å². The van der Waals surface area contributed by atoms with Crippen molar-refractivity contribution in [2.45, 2.75) is 0 Å². The molecule has 12 nitrogen and oxygen atoms in total. The van der Waals surface area contributed by atoms with Crippen LogP contribution in [0.15, 0.2) is 74.4 Å². The van der Waals surface area contributed by atoms with Crippen molar-refractivity contribution >= 4 is 46.4 Å². The number of rotatable bonds is 4. The SMILES string of the molecule is Cn1c[nH+]cc1-c1c2nc(c(-c3c[n+](C)cn3C)c3ccc([n-]3)c(-c3c[n+](C)cn3C)c3nc(c(-c4c[n+](C)cn4C)c4ccc1[n-]4)C=C3)C=C2.[Mn+2]. The van der Waals surface area contributed by atoms with Gasteiger partial charge in [0, 0.05) is 22.3 Å². The molecule has 2 aliphatic heterocycles. The number of fused-ring (bicyclic) bond motifs is 8. The smallest absolute Gasteiger partial charge is 0.657 e. The summed E-state index contributed by atoms with van der Waals surface area (Å²) in [6, 6.07) is 8.38. The van der Waals surface area contributed by atoms with E-state index in [1.54, 1.807) is 0 Å². The van der Waals surface area contributed by atoms with Crippen LogP contribution < -0.4 is 28.7 Å². The summed E-state index contributed by atoms with van der Waals surface area (Å²) >= 11 is 0. The molecule has 1 N–H and O–H groups in total. The minimum atomic E-state index is 0. The molecule has 13 heteroatoms. The first kappa shape index (κ1) is 33.1. The molecule has 0 aromatic carbocycles. The van der Waals surface area contributed by atoms with Gasteiger partial charge < -0.3 is 9.97 Å². The third kappa shape index (κ3) is 5.28. The molecule has 0 amide bonds. The van der Waals surface area contributed by atoms with Crippen LogP contribution in [0.3, 0.4) is 0 Å². The second kappa shape index (κ2) is 12.3. The second-order valence-electron chi connectivity index (χ2n) is 13.5. The van der Waals surface area contributed by atoms with E-state index in [4.69, 9.17) is 19.9 Å². The Kier molecular flexibility index (Phi) is 7.85. The summed E-state index contributed by atoms with van der Waals surface area (Å²) in [4.78, 5) is 24.7. The maximum Gasteiger partial charge on any atom is 2.00 e. The van der Waals surface area contributed by atoms with Gasteiger partial charge in [-0.1, -0.05) is 24.3 Å². The Bertz CT molecular complexity index is 2750. The first-order valence-electron chi connectivity index (χ1n) is 16.8. The van der Waals surface area contributed by atoms with E-state index >= 15 is 0 Å². The van der Waals surface area contributed by atoms with E-state index in [1.807, 2.05) is 40.7 Å². The van der Waals surface area contributed by atoms with Crippen molar-refractivity contribution in [1.29, 1.82) is 0 Å². The molecule has 52 heavy (non-hydrogen) atoms. The molecule has 0 fully saturated rings. The van der Waals surface area contributed by atoms with Crippen LogP contribution in [-0.4, -0.2) is 28.2 Å². The second-order valence-corrected chi connectivity index (χ2v) is 13.5. The van der Waals surface area contributed by atoms with Crippen LogP contribution >= 0.6 is 0 Å². The molecule has 7 aromatic rings. The number of nitrogens with one attached hydrogen (secondary N) is 1. The zero-order chi connectivity index (χ0) is 35.1. The van der Waals surface area contributed by atoms with E-state index in [0.29, 0.717) is 0 Å². The van der Waals surface area contributed by atoms with Crippen LogP contribution in [-0.2, 0) is 66.4 Å². The summed E-state index contributed by atoms with van der Waals surface area (Å²) in [5.41, 5.74) is 14.4. The summed E-state index contributed by atoms with van der Waals surface area (Å²) in [6.07, 6.45) is 24.8. The Morgan fingerprint density at radius 2 is 0.827 bits per heavy atom. The van der Waals surface area contributed by atoms with E-state index in [9.17, 15) is 0 Å². The summed E-state index contributed by atoms with van der Waals surface area (Å²) in [6.45, 7) is 0. The van der Waals surface area contributed by atoms with Crippen LogP contribution in [0.5, 0.6) is 0 Å². The number of aromatic amines is 1. The Balaban J connectivity index is 0.00000387. The van der Waals surface area contributed by atoms with Gasteiger partial charge in [-0.15, -0.1) is 22.1 Å². The van der Waals surface area contributed by atoms with Gasteiger partial charge in [0.05, 0.1) is 72.1 Å². The Labute approximate surface area is 310 Å².